The van der Waals surface area contributed by atoms with E-state index in [0.29, 0.717) is 5.92 Å². The van der Waals surface area contributed by atoms with Crippen LogP contribution in [-0.2, 0) is 0 Å². The molecule has 1 aliphatic rings. The Morgan fingerprint density at radius 1 is 1.45 bits per heavy atom. The Bertz CT molecular complexity index is 170. The van der Waals surface area contributed by atoms with E-state index < -0.39 is 6.10 Å². The van der Waals surface area contributed by atoms with Crippen molar-refractivity contribution in [2.24, 2.45) is 5.92 Å². The van der Waals surface area contributed by atoms with Crippen molar-refractivity contribution >= 4 is 0 Å². The van der Waals surface area contributed by atoms with E-state index in [1.165, 1.54) is 25.7 Å². The lowest BCUT2D eigenvalue weighted by Gasteiger charge is -2.00. The third-order valence-corrected chi connectivity index (χ3v) is 2.14. The molecule has 1 heteroatoms. The van der Waals surface area contributed by atoms with Gasteiger partial charge in [0.05, 0.1) is 0 Å². The van der Waals surface area contributed by atoms with Crippen molar-refractivity contribution in [2.45, 2.75) is 31.8 Å². The van der Waals surface area contributed by atoms with Crippen molar-refractivity contribution < 1.29 is 5.11 Å². The molecule has 0 radical (unpaired) electrons. The van der Waals surface area contributed by atoms with Gasteiger partial charge in [-0.15, -0.1) is 6.42 Å². The maximum absolute atomic E-state index is 9.00. The smallest absolute Gasteiger partial charge is 0.133 e. The van der Waals surface area contributed by atoms with E-state index in [1.807, 2.05) is 0 Å². The zero-order valence-electron chi connectivity index (χ0n) is 6.66. The van der Waals surface area contributed by atoms with E-state index in [4.69, 9.17) is 11.5 Å². The molecule has 1 rings (SSSR count). The molecule has 1 fully saturated rings. The molecule has 1 saturated carbocycles. The number of terminal acetylenes is 1. The standard InChI is InChI=1S/C10H14O/c1-2-10(11)8-7-9-5-3-4-6-9/h1,7-11H,3-6H2/b8-7-. The maximum Gasteiger partial charge on any atom is 0.133 e. The van der Waals surface area contributed by atoms with Crippen LogP contribution in [0.4, 0.5) is 0 Å². The van der Waals surface area contributed by atoms with Crippen molar-refractivity contribution in [3.8, 4) is 12.3 Å². The first-order chi connectivity index (χ1) is 5.33. The predicted molar refractivity (Wildman–Crippen MR) is 45.9 cm³/mol. The third kappa shape index (κ3) is 2.78. The van der Waals surface area contributed by atoms with Crippen LogP contribution in [0, 0.1) is 18.3 Å². The summed E-state index contributed by atoms with van der Waals surface area (Å²) >= 11 is 0. The molecule has 1 aliphatic carbocycles. The van der Waals surface area contributed by atoms with Gasteiger partial charge in [-0.25, -0.2) is 0 Å². The Morgan fingerprint density at radius 2 is 2.09 bits per heavy atom. The van der Waals surface area contributed by atoms with Gasteiger partial charge in [0.25, 0.3) is 0 Å². The Balaban J connectivity index is 2.29. The quantitative estimate of drug-likeness (QED) is 0.469. The van der Waals surface area contributed by atoms with Crippen LogP contribution in [0.2, 0.25) is 0 Å². The van der Waals surface area contributed by atoms with Crippen molar-refractivity contribution in [1.82, 2.24) is 0 Å². The van der Waals surface area contributed by atoms with Crippen LogP contribution in [0.1, 0.15) is 25.7 Å². The molecule has 0 amide bonds. The molecule has 0 saturated heterocycles. The summed E-state index contributed by atoms with van der Waals surface area (Å²) in [5.41, 5.74) is 0. The Labute approximate surface area is 68.1 Å². The van der Waals surface area contributed by atoms with Gasteiger partial charge in [-0.3, -0.25) is 0 Å². The molecule has 60 valence electrons. The van der Waals surface area contributed by atoms with Crippen molar-refractivity contribution in [2.75, 3.05) is 0 Å². The first-order valence-corrected chi connectivity index (χ1v) is 4.15. The minimum Gasteiger partial charge on any atom is -0.377 e. The van der Waals surface area contributed by atoms with Crippen LogP contribution in [0.25, 0.3) is 0 Å². The van der Waals surface area contributed by atoms with Gasteiger partial charge < -0.3 is 5.11 Å². The molecule has 1 atom stereocenters. The van der Waals surface area contributed by atoms with Crippen molar-refractivity contribution in [3.05, 3.63) is 12.2 Å². The summed E-state index contributed by atoms with van der Waals surface area (Å²) < 4.78 is 0. The van der Waals surface area contributed by atoms with E-state index in [1.54, 1.807) is 6.08 Å². The van der Waals surface area contributed by atoms with Crippen molar-refractivity contribution in [1.29, 1.82) is 0 Å². The normalized spacial score (nSPS) is 22.2. The molecule has 0 aromatic carbocycles. The van der Waals surface area contributed by atoms with E-state index >= 15 is 0 Å². The molecule has 0 aliphatic heterocycles. The fourth-order valence-electron chi connectivity index (χ4n) is 1.47. The van der Waals surface area contributed by atoms with E-state index in [2.05, 4.69) is 12.0 Å². The fraction of sp³-hybridized carbons (Fsp3) is 0.600. The van der Waals surface area contributed by atoms with Crippen LogP contribution >= 0.6 is 0 Å². The molecule has 1 nitrogen and oxygen atoms in total. The molecule has 0 aromatic rings. The van der Waals surface area contributed by atoms with E-state index in [-0.39, 0.29) is 0 Å². The van der Waals surface area contributed by atoms with Crippen LogP contribution in [0.5, 0.6) is 0 Å². The minimum atomic E-state index is -0.685. The van der Waals surface area contributed by atoms with E-state index in [0.717, 1.165) is 0 Å². The minimum absolute atomic E-state index is 0.665. The number of allylic oxidation sites excluding steroid dienone is 1. The molecule has 0 spiro atoms. The summed E-state index contributed by atoms with van der Waals surface area (Å²) in [5, 5.41) is 9.00. The average Bonchev–Trinajstić information content (AvgIpc) is 2.52. The van der Waals surface area contributed by atoms with Gasteiger partial charge in [0.1, 0.15) is 6.10 Å². The lowest BCUT2D eigenvalue weighted by molar-refractivity contribution is 0.280. The molecule has 11 heavy (non-hydrogen) atoms. The molecular formula is C10H14O. The Morgan fingerprint density at radius 3 is 2.64 bits per heavy atom. The van der Waals surface area contributed by atoms with Gasteiger partial charge >= 0.3 is 0 Å². The first-order valence-electron chi connectivity index (χ1n) is 4.15. The van der Waals surface area contributed by atoms with Gasteiger partial charge in [-0.05, 0) is 24.8 Å². The second kappa shape index (κ2) is 4.20. The molecule has 0 bridgehead atoms. The second-order valence-electron chi connectivity index (χ2n) is 3.04. The van der Waals surface area contributed by atoms with Crippen LogP contribution in [0.15, 0.2) is 12.2 Å². The highest BCUT2D eigenvalue weighted by molar-refractivity contribution is 5.07. The number of rotatable bonds is 2. The topological polar surface area (TPSA) is 20.2 Å². The van der Waals surface area contributed by atoms with Gasteiger partial charge in [0, 0.05) is 0 Å². The number of aliphatic hydroxyl groups is 1. The van der Waals surface area contributed by atoms with Gasteiger partial charge in [0.2, 0.25) is 0 Å². The fourth-order valence-corrected chi connectivity index (χ4v) is 1.47. The maximum atomic E-state index is 9.00. The molecule has 1 unspecified atom stereocenters. The summed E-state index contributed by atoms with van der Waals surface area (Å²) in [7, 11) is 0. The number of aliphatic hydroxyl groups excluding tert-OH is 1. The average molecular weight is 150 g/mol. The van der Waals surface area contributed by atoms with Crippen LogP contribution in [0.3, 0.4) is 0 Å². The molecule has 0 aromatic heterocycles. The highest BCUT2D eigenvalue weighted by atomic mass is 16.3. The summed E-state index contributed by atoms with van der Waals surface area (Å²) in [6.07, 6.45) is 13.2. The lowest BCUT2D eigenvalue weighted by Crippen LogP contribution is -1.97. The summed E-state index contributed by atoms with van der Waals surface area (Å²) in [4.78, 5) is 0. The summed E-state index contributed by atoms with van der Waals surface area (Å²) in [6.45, 7) is 0. The predicted octanol–water partition coefficient (Wildman–Crippen LogP) is 1.73. The van der Waals surface area contributed by atoms with Crippen molar-refractivity contribution in [3.63, 3.8) is 0 Å². The lowest BCUT2D eigenvalue weighted by atomic mass is 10.1. The Kier molecular flexibility index (Phi) is 3.19. The van der Waals surface area contributed by atoms with Crippen LogP contribution in [-0.4, -0.2) is 11.2 Å². The van der Waals surface area contributed by atoms with E-state index in [9.17, 15) is 0 Å². The SMILES string of the molecule is C#CC(O)/C=C\C1CCCC1. The van der Waals surface area contributed by atoms with Gasteiger partial charge in [-0.1, -0.05) is 24.8 Å². The summed E-state index contributed by atoms with van der Waals surface area (Å²) in [6, 6.07) is 0. The number of hydrogen-bond donors (Lipinski definition) is 1. The zero-order chi connectivity index (χ0) is 8.10. The highest BCUT2D eigenvalue weighted by Crippen LogP contribution is 2.25. The van der Waals surface area contributed by atoms with Gasteiger partial charge in [0.15, 0.2) is 0 Å². The molecular weight excluding hydrogens is 136 g/mol. The largest absolute Gasteiger partial charge is 0.377 e. The van der Waals surface area contributed by atoms with Crippen LogP contribution < -0.4 is 0 Å². The summed E-state index contributed by atoms with van der Waals surface area (Å²) in [5.74, 6) is 2.92. The zero-order valence-corrected chi connectivity index (χ0v) is 6.66. The number of hydrogen-bond acceptors (Lipinski definition) is 1. The molecule has 1 N–H and O–H groups in total. The third-order valence-electron chi connectivity index (χ3n) is 2.14. The van der Waals surface area contributed by atoms with Gasteiger partial charge in [-0.2, -0.15) is 0 Å². The second-order valence-corrected chi connectivity index (χ2v) is 3.04. The monoisotopic (exact) mass is 150 g/mol. The molecule has 0 heterocycles. The Hall–Kier alpha value is -0.740. The highest BCUT2D eigenvalue weighted by Gasteiger charge is 2.11. The first kappa shape index (κ1) is 8.36.